The number of carbonyl (C=O) groups is 1. The van der Waals surface area contributed by atoms with E-state index in [2.05, 4.69) is 22.1 Å². The average molecular weight is 386 g/mol. The van der Waals surface area contributed by atoms with E-state index in [1.165, 1.54) is 38.5 Å². The molecule has 1 aliphatic heterocycles. The lowest BCUT2D eigenvalue weighted by Gasteiger charge is -2.28. The number of hydrogen-bond donors (Lipinski definition) is 1. The standard InChI is InChI=1S/C21H31N5O2/c1-3-25-10-6-4-5-7-15(25)13-26-17-12-18(28-2)19(21(22)27)16(11-14-8-9-14)20(17)23-24-26/h12,14-15H,3-11,13H2,1-2H3,(H2,22,27). The second-order valence-corrected chi connectivity index (χ2v) is 8.22. The van der Waals surface area contributed by atoms with E-state index in [1.807, 2.05) is 10.7 Å². The Hall–Kier alpha value is -2.15. The van der Waals surface area contributed by atoms with Crippen LogP contribution in [0.2, 0.25) is 0 Å². The number of aromatic nitrogens is 3. The number of likely N-dealkylation sites (tertiary alicyclic amines) is 1. The van der Waals surface area contributed by atoms with Gasteiger partial charge in [-0.05, 0) is 56.7 Å². The summed E-state index contributed by atoms with van der Waals surface area (Å²) in [6.07, 6.45) is 8.21. The maximum Gasteiger partial charge on any atom is 0.252 e. The monoisotopic (exact) mass is 385 g/mol. The lowest BCUT2D eigenvalue weighted by Crippen LogP contribution is -2.38. The van der Waals surface area contributed by atoms with Crippen molar-refractivity contribution >= 4 is 16.9 Å². The van der Waals surface area contributed by atoms with Gasteiger partial charge in [0.25, 0.3) is 5.91 Å². The van der Waals surface area contributed by atoms with Crippen molar-refractivity contribution < 1.29 is 9.53 Å². The predicted octanol–water partition coefficient (Wildman–Crippen LogP) is 2.76. The first-order valence-electron chi connectivity index (χ1n) is 10.6. The molecule has 28 heavy (non-hydrogen) atoms. The third-order valence-electron chi connectivity index (χ3n) is 6.32. The molecule has 2 heterocycles. The highest BCUT2D eigenvalue weighted by atomic mass is 16.5. The average Bonchev–Trinajstić information content (AvgIpc) is 3.45. The summed E-state index contributed by atoms with van der Waals surface area (Å²) >= 11 is 0. The fourth-order valence-corrected chi connectivity index (χ4v) is 4.58. The molecule has 2 aromatic rings. The van der Waals surface area contributed by atoms with Gasteiger partial charge in [-0.1, -0.05) is 25.0 Å². The van der Waals surface area contributed by atoms with E-state index < -0.39 is 5.91 Å². The van der Waals surface area contributed by atoms with Crippen LogP contribution < -0.4 is 10.5 Å². The van der Waals surface area contributed by atoms with Gasteiger partial charge in [0.2, 0.25) is 0 Å². The Kier molecular flexibility index (Phi) is 5.53. The fraction of sp³-hybridized carbons (Fsp3) is 0.667. The number of nitrogens with zero attached hydrogens (tertiary/aromatic N) is 4. The smallest absolute Gasteiger partial charge is 0.252 e. The molecule has 0 radical (unpaired) electrons. The number of amides is 1. The number of methoxy groups -OCH3 is 1. The van der Waals surface area contributed by atoms with Crippen molar-refractivity contribution in [1.29, 1.82) is 0 Å². The number of hydrogen-bond acceptors (Lipinski definition) is 5. The van der Waals surface area contributed by atoms with Gasteiger partial charge in [0.05, 0.1) is 24.7 Å². The van der Waals surface area contributed by atoms with Crippen molar-refractivity contribution in [2.45, 2.75) is 64.5 Å². The van der Waals surface area contributed by atoms with Gasteiger partial charge in [-0.15, -0.1) is 5.10 Å². The van der Waals surface area contributed by atoms with E-state index in [1.54, 1.807) is 7.11 Å². The summed E-state index contributed by atoms with van der Waals surface area (Å²) in [6, 6.07) is 2.35. The number of ether oxygens (including phenoxy) is 1. The first kappa shape index (κ1) is 19.2. The number of primary amides is 1. The molecule has 7 heteroatoms. The highest BCUT2D eigenvalue weighted by molar-refractivity contribution is 6.02. The maximum absolute atomic E-state index is 12.2. The van der Waals surface area contributed by atoms with Crippen molar-refractivity contribution in [3.8, 4) is 5.75 Å². The number of fused-ring (bicyclic) bond motifs is 1. The molecule has 1 saturated carbocycles. The molecule has 0 spiro atoms. The van der Waals surface area contributed by atoms with Crippen molar-refractivity contribution in [3.63, 3.8) is 0 Å². The van der Waals surface area contributed by atoms with Crippen LogP contribution in [-0.4, -0.2) is 52.0 Å². The minimum absolute atomic E-state index is 0.454. The third kappa shape index (κ3) is 3.72. The van der Waals surface area contributed by atoms with Gasteiger partial charge in [0, 0.05) is 12.1 Å². The second-order valence-electron chi connectivity index (χ2n) is 8.22. The molecule has 1 aliphatic carbocycles. The Morgan fingerprint density at radius 3 is 2.79 bits per heavy atom. The SMILES string of the molecule is CCN1CCCCCC1Cn1nnc2c(CC3CC3)c(C(N)=O)c(OC)cc21. The van der Waals surface area contributed by atoms with Crippen molar-refractivity contribution in [2.75, 3.05) is 20.2 Å². The summed E-state index contributed by atoms with van der Waals surface area (Å²) < 4.78 is 7.55. The Labute approximate surface area is 166 Å². The number of likely N-dealkylation sites (N-methyl/N-ethyl adjacent to an activating group) is 1. The van der Waals surface area contributed by atoms with Gasteiger partial charge in [-0.25, -0.2) is 4.68 Å². The summed E-state index contributed by atoms with van der Waals surface area (Å²) in [5.41, 5.74) is 8.83. The molecule has 1 unspecified atom stereocenters. The molecule has 1 amide bonds. The molecule has 4 rings (SSSR count). The number of benzene rings is 1. The number of nitrogens with two attached hydrogens (primary N) is 1. The van der Waals surface area contributed by atoms with Crippen LogP contribution in [0.25, 0.3) is 11.0 Å². The zero-order valence-corrected chi connectivity index (χ0v) is 17.0. The van der Waals surface area contributed by atoms with Crippen LogP contribution in [0.5, 0.6) is 5.75 Å². The zero-order chi connectivity index (χ0) is 19.7. The van der Waals surface area contributed by atoms with E-state index >= 15 is 0 Å². The number of rotatable bonds is 7. The second kappa shape index (κ2) is 8.07. The Morgan fingerprint density at radius 2 is 2.11 bits per heavy atom. The highest BCUT2D eigenvalue weighted by Gasteiger charge is 2.29. The van der Waals surface area contributed by atoms with Gasteiger partial charge in [-0.2, -0.15) is 0 Å². The summed E-state index contributed by atoms with van der Waals surface area (Å²) in [6.45, 7) is 5.25. The Bertz CT molecular complexity index is 858. The van der Waals surface area contributed by atoms with Crippen molar-refractivity contribution in [3.05, 3.63) is 17.2 Å². The van der Waals surface area contributed by atoms with E-state index in [9.17, 15) is 4.79 Å². The molecular weight excluding hydrogens is 354 g/mol. The van der Waals surface area contributed by atoms with Crippen LogP contribution in [0.4, 0.5) is 0 Å². The van der Waals surface area contributed by atoms with Gasteiger partial charge in [-0.3, -0.25) is 9.69 Å². The first-order chi connectivity index (χ1) is 13.6. The van der Waals surface area contributed by atoms with Crippen molar-refractivity contribution in [2.24, 2.45) is 11.7 Å². The topological polar surface area (TPSA) is 86.3 Å². The van der Waals surface area contributed by atoms with Gasteiger partial charge >= 0.3 is 0 Å². The van der Waals surface area contributed by atoms with Crippen LogP contribution >= 0.6 is 0 Å². The summed E-state index contributed by atoms with van der Waals surface area (Å²) in [4.78, 5) is 14.7. The van der Waals surface area contributed by atoms with Crippen LogP contribution in [0.3, 0.4) is 0 Å². The molecule has 7 nitrogen and oxygen atoms in total. The molecule has 2 N–H and O–H groups in total. The third-order valence-corrected chi connectivity index (χ3v) is 6.32. The minimum Gasteiger partial charge on any atom is -0.496 e. The molecule has 2 fully saturated rings. The van der Waals surface area contributed by atoms with E-state index in [4.69, 9.17) is 10.5 Å². The lowest BCUT2D eigenvalue weighted by atomic mass is 9.98. The van der Waals surface area contributed by atoms with Crippen LogP contribution in [0.15, 0.2) is 6.07 Å². The Balaban J connectivity index is 1.75. The maximum atomic E-state index is 12.2. The number of carbonyl (C=O) groups excluding carboxylic acids is 1. The zero-order valence-electron chi connectivity index (χ0n) is 17.0. The molecule has 1 aromatic heterocycles. The van der Waals surface area contributed by atoms with Crippen LogP contribution in [0.1, 0.15) is 61.4 Å². The largest absolute Gasteiger partial charge is 0.496 e. The van der Waals surface area contributed by atoms with Crippen LogP contribution in [0, 0.1) is 5.92 Å². The molecule has 1 atom stereocenters. The molecular formula is C21H31N5O2. The molecule has 1 saturated heterocycles. The van der Waals surface area contributed by atoms with Crippen LogP contribution in [-0.2, 0) is 13.0 Å². The van der Waals surface area contributed by atoms with Gasteiger partial charge < -0.3 is 10.5 Å². The van der Waals surface area contributed by atoms with E-state index in [-0.39, 0.29) is 0 Å². The lowest BCUT2D eigenvalue weighted by molar-refractivity contribution is 0.0996. The summed E-state index contributed by atoms with van der Waals surface area (Å²) in [5, 5.41) is 8.97. The summed E-state index contributed by atoms with van der Waals surface area (Å²) in [7, 11) is 1.59. The Morgan fingerprint density at radius 1 is 1.29 bits per heavy atom. The predicted molar refractivity (Wildman–Crippen MR) is 109 cm³/mol. The van der Waals surface area contributed by atoms with E-state index in [0.29, 0.717) is 23.3 Å². The van der Waals surface area contributed by atoms with Gasteiger partial charge in [0.1, 0.15) is 11.3 Å². The first-order valence-corrected chi connectivity index (χ1v) is 10.6. The normalized spacial score (nSPS) is 21.0. The molecule has 1 aromatic carbocycles. The van der Waals surface area contributed by atoms with Crippen molar-refractivity contribution in [1.82, 2.24) is 19.9 Å². The van der Waals surface area contributed by atoms with Gasteiger partial charge in [0.15, 0.2) is 0 Å². The minimum atomic E-state index is -0.454. The molecule has 2 aliphatic rings. The highest BCUT2D eigenvalue weighted by Crippen LogP contribution is 2.38. The summed E-state index contributed by atoms with van der Waals surface area (Å²) in [5.74, 6) is 0.688. The fourth-order valence-electron chi connectivity index (χ4n) is 4.58. The van der Waals surface area contributed by atoms with E-state index in [0.717, 1.165) is 42.7 Å². The quantitative estimate of drug-likeness (QED) is 0.792. The molecule has 152 valence electrons. The molecule has 0 bridgehead atoms.